The summed E-state index contributed by atoms with van der Waals surface area (Å²) in [6.07, 6.45) is 1.62. The van der Waals surface area contributed by atoms with E-state index in [4.69, 9.17) is 9.47 Å². The van der Waals surface area contributed by atoms with Gasteiger partial charge < -0.3 is 25.0 Å². The molecule has 1 aliphatic heterocycles. The van der Waals surface area contributed by atoms with Gasteiger partial charge in [-0.1, -0.05) is 24.3 Å². The van der Waals surface area contributed by atoms with Crippen molar-refractivity contribution in [2.45, 2.75) is 25.9 Å². The predicted molar refractivity (Wildman–Crippen MR) is 114 cm³/mol. The summed E-state index contributed by atoms with van der Waals surface area (Å²) < 4.78 is 10.6. The van der Waals surface area contributed by atoms with E-state index in [0.717, 1.165) is 29.8 Å². The number of amides is 1. The molecule has 0 saturated carbocycles. The average Bonchev–Trinajstić information content (AvgIpc) is 3.15. The summed E-state index contributed by atoms with van der Waals surface area (Å²) in [7, 11) is 4.95. The molecule has 7 nitrogen and oxygen atoms in total. The van der Waals surface area contributed by atoms with E-state index in [1.165, 1.54) is 0 Å². The number of nitrogens with zero attached hydrogens (tertiary/aromatic N) is 2. The van der Waals surface area contributed by atoms with Gasteiger partial charge in [0.25, 0.3) is 0 Å². The number of benzene rings is 2. The lowest BCUT2D eigenvalue weighted by atomic mass is 10.1. The summed E-state index contributed by atoms with van der Waals surface area (Å²) in [5, 5.41) is 6.57. The Bertz CT molecular complexity index is 882. The molecule has 2 aromatic carbocycles. The number of aliphatic imine (C=N–C) groups is 1. The highest BCUT2D eigenvalue weighted by molar-refractivity contribution is 5.93. The Balaban J connectivity index is 1.59. The quantitative estimate of drug-likeness (QED) is 0.556. The zero-order valence-corrected chi connectivity index (χ0v) is 17.2. The third kappa shape index (κ3) is 5.40. The van der Waals surface area contributed by atoms with Gasteiger partial charge in [-0.2, -0.15) is 0 Å². The standard InChI is InChI=1S/C22H28N4O3/c1-23-22(25-18-9-10-19(28-2)20(13-18)29-3)24-14-16-6-4-7-17(12-16)15-26-11-5-8-21(26)27/h4,6-7,9-10,12-13H,5,8,11,14-15H2,1-3H3,(H2,23,24,25). The third-order valence-electron chi connectivity index (χ3n) is 4.87. The molecule has 0 aliphatic carbocycles. The molecule has 0 bridgehead atoms. The molecule has 0 radical (unpaired) electrons. The summed E-state index contributed by atoms with van der Waals surface area (Å²) in [5.41, 5.74) is 3.11. The van der Waals surface area contributed by atoms with Gasteiger partial charge in [-0.3, -0.25) is 9.79 Å². The van der Waals surface area contributed by atoms with Crippen LogP contribution in [0.4, 0.5) is 5.69 Å². The van der Waals surface area contributed by atoms with Gasteiger partial charge in [0, 0.05) is 44.9 Å². The Labute approximate surface area is 171 Å². The van der Waals surface area contributed by atoms with Gasteiger partial charge >= 0.3 is 0 Å². The van der Waals surface area contributed by atoms with E-state index in [9.17, 15) is 4.79 Å². The lowest BCUT2D eigenvalue weighted by Gasteiger charge is -2.17. The van der Waals surface area contributed by atoms with Crippen LogP contribution in [0.3, 0.4) is 0 Å². The number of likely N-dealkylation sites (tertiary alicyclic amines) is 1. The van der Waals surface area contributed by atoms with E-state index < -0.39 is 0 Å². The summed E-state index contributed by atoms with van der Waals surface area (Å²) in [6, 6.07) is 13.9. The molecular weight excluding hydrogens is 368 g/mol. The summed E-state index contributed by atoms with van der Waals surface area (Å²) in [6.45, 7) is 2.14. The summed E-state index contributed by atoms with van der Waals surface area (Å²) >= 11 is 0. The van der Waals surface area contributed by atoms with Crippen molar-refractivity contribution in [3.63, 3.8) is 0 Å². The first kappa shape index (κ1) is 20.5. The zero-order chi connectivity index (χ0) is 20.6. The van der Waals surface area contributed by atoms with Crippen molar-refractivity contribution in [1.82, 2.24) is 10.2 Å². The van der Waals surface area contributed by atoms with E-state index >= 15 is 0 Å². The molecule has 29 heavy (non-hydrogen) atoms. The zero-order valence-electron chi connectivity index (χ0n) is 17.2. The number of rotatable bonds is 7. The monoisotopic (exact) mass is 396 g/mol. The van der Waals surface area contributed by atoms with Gasteiger partial charge in [-0.15, -0.1) is 0 Å². The second kappa shape index (κ2) is 9.82. The molecule has 7 heteroatoms. The van der Waals surface area contributed by atoms with Crippen LogP contribution < -0.4 is 20.1 Å². The Morgan fingerprint density at radius 1 is 1.10 bits per heavy atom. The molecule has 154 valence electrons. The maximum atomic E-state index is 11.8. The van der Waals surface area contributed by atoms with Crippen LogP contribution in [0.1, 0.15) is 24.0 Å². The normalized spacial score (nSPS) is 14.1. The summed E-state index contributed by atoms with van der Waals surface area (Å²) in [5.74, 6) is 2.22. The number of carbonyl (C=O) groups is 1. The van der Waals surface area contributed by atoms with Crippen molar-refractivity contribution in [2.24, 2.45) is 4.99 Å². The fourth-order valence-electron chi connectivity index (χ4n) is 3.35. The van der Waals surface area contributed by atoms with Crippen molar-refractivity contribution in [3.05, 3.63) is 53.6 Å². The highest BCUT2D eigenvalue weighted by Gasteiger charge is 2.19. The largest absolute Gasteiger partial charge is 0.493 e. The lowest BCUT2D eigenvalue weighted by molar-refractivity contribution is -0.128. The highest BCUT2D eigenvalue weighted by atomic mass is 16.5. The Hall–Kier alpha value is -3.22. The summed E-state index contributed by atoms with van der Waals surface area (Å²) in [4.78, 5) is 18.1. The molecule has 1 fully saturated rings. The van der Waals surface area contributed by atoms with E-state index in [1.807, 2.05) is 29.2 Å². The lowest BCUT2D eigenvalue weighted by Crippen LogP contribution is -2.30. The van der Waals surface area contributed by atoms with Crippen LogP contribution in [-0.2, 0) is 17.9 Å². The minimum absolute atomic E-state index is 0.244. The first-order chi connectivity index (χ1) is 14.1. The first-order valence-electron chi connectivity index (χ1n) is 9.68. The van der Waals surface area contributed by atoms with Crippen molar-refractivity contribution in [1.29, 1.82) is 0 Å². The Kier molecular flexibility index (Phi) is 6.94. The van der Waals surface area contributed by atoms with E-state index in [-0.39, 0.29) is 5.91 Å². The fraction of sp³-hybridized carbons (Fsp3) is 0.364. The van der Waals surface area contributed by atoms with E-state index in [0.29, 0.717) is 37.0 Å². The minimum Gasteiger partial charge on any atom is -0.493 e. The van der Waals surface area contributed by atoms with Gasteiger partial charge in [-0.25, -0.2) is 0 Å². The number of guanidine groups is 1. The molecule has 3 rings (SSSR count). The SMILES string of the molecule is CN=C(NCc1cccc(CN2CCCC2=O)c1)Nc1ccc(OC)c(OC)c1. The highest BCUT2D eigenvalue weighted by Crippen LogP contribution is 2.29. The maximum absolute atomic E-state index is 11.8. The van der Waals surface area contributed by atoms with E-state index in [2.05, 4.69) is 33.8 Å². The molecule has 2 aromatic rings. The molecule has 0 unspecified atom stereocenters. The molecule has 0 atom stereocenters. The number of methoxy groups -OCH3 is 2. The second-order valence-corrected chi connectivity index (χ2v) is 6.86. The van der Waals surface area contributed by atoms with Gasteiger partial charge in [0.1, 0.15) is 0 Å². The number of hydrogen-bond donors (Lipinski definition) is 2. The van der Waals surface area contributed by atoms with Gasteiger partial charge in [-0.05, 0) is 29.7 Å². The second-order valence-electron chi connectivity index (χ2n) is 6.86. The van der Waals surface area contributed by atoms with Crippen LogP contribution in [0.15, 0.2) is 47.5 Å². The van der Waals surface area contributed by atoms with Crippen LogP contribution >= 0.6 is 0 Å². The number of anilines is 1. The molecule has 1 aliphatic rings. The van der Waals surface area contributed by atoms with Gasteiger partial charge in [0.05, 0.1) is 14.2 Å². The van der Waals surface area contributed by atoms with Crippen molar-refractivity contribution >= 4 is 17.6 Å². The maximum Gasteiger partial charge on any atom is 0.222 e. The van der Waals surface area contributed by atoms with Crippen molar-refractivity contribution in [2.75, 3.05) is 33.1 Å². The molecule has 1 saturated heterocycles. The number of carbonyl (C=O) groups excluding carboxylic acids is 1. The number of nitrogens with one attached hydrogen (secondary N) is 2. The van der Waals surface area contributed by atoms with Gasteiger partial charge in [0.2, 0.25) is 5.91 Å². The molecule has 2 N–H and O–H groups in total. The van der Waals surface area contributed by atoms with Gasteiger partial charge in [0.15, 0.2) is 17.5 Å². The van der Waals surface area contributed by atoms with E-state index in [1.54, 1.807) is 21.3 Å². The molecule has 0 aromatic heterocycles. The van der Waals surface area contributed by atoms with Crippen LogP contribution in [0.5, 0.6) is 11.5 Å². The molecule has 0 spiro atoms. The number of ether oxygens (including phenoxy) is 2. The van der Waals surface area contributed by atoms with Crippen LogP contribution in [0, 0.1) is 0 Å². The van der Waals surface area contributed by atoms with Crippen LogP contribution in [0.2, 0.25) is 0 Å². The van der Waals surface area contributed by atoms with Crippen LogP contribution in [-0.4, -0.2) is 44.6 Å². The first-order valence-corrected chi connectivity index (χ1v) is 9.68. The predicted octanol–water partition coefficient (Wildman–Crippen LogP) is 3.01. The molecule has 1 heterocycles. The average molecular weight is 396 g/mol. The topological polar surface area (TPSA) is 75.2 Å². The third-order valence-corrected chi connectivity index (χ3v) is 4.87. The fourth-order valence-corrected chi connectivity index (χ4v) is 3.35. The Morgan fingerprint density at radius 3 is 2.59 bits per heavy atom. The smallest absolute Gasteiger partial charge is 0.222 e. The van der Waals surface area contributed by atoms with Crippen LogP contribution in [0.25, 0.3) is 0 Å². The molecule has 1 amide bonds. The minimum atomic E-state index is 0.244. The van der Waals surface area contributed by atoms with Crippen molar-refractivity contribution in [3.8, 4) is 11.5 Å². The van der Waals surface area contributed by atoms with Crippen molar-refractivity contribution < 1.29 is 14.3 Å². The molecular formula is C22H28N4O3. The Morgan fingerprint density at radius 2 is 1.90 bits per heavy atom. The number of hydrogen-bond acceptors (Lipinski definition) is 4.